The van der Waals surface area contributed by atoms with E-state index < -0.39 is 5.41 Å². The van der Waals surface area contributed by atoms with Crippen LogP contribution in [0.25, 0.3) is 0 Å². The second-order valence-electron chi connectivity index (χ2n) is 4.27. The molecule has 1 aromatic rings. The highest BCUT2D eigenvalue weighted by Crippen LogP contribution is 2.25. The van der Waals surface area contributed by atoms with Gasteiger partial charge in [0.05, 0.1) is 0 Å². The van der Waals surface area contributed by atoms with Crippen molar-refractivity contribution in [2.75, 3.05) is 5.73 Å². The summed E-state index contributed by atoms with van der Waals surface area (Å²) in [6.45, 7) is 5.87. The largest absolute Gasteiger partial charge is 0.384 e. The summed E-state index contributed by atoms with van der Waals surface area (Å²) in [7, 11) is 0. The molecule has 1 rings (SSSR count). The first-order valence-corrected chi connectivity index (χ1v) is 5.23. The molecule has 0 aliphatic carbocycles. The third kappa shape index (κ3) is 2.55. The molecular weight excluding hydrogens is 188 g/mol. The van der Waals surface area contributed by atoms with E-state index in [4.69, 9.17) is 5.73 Å². The fraction of sp³-hybridized carbons (Fsp3) is 0.500. The molecule has 0 aromatic carbocycles. The van der Waals surface area contributed by atoms with Crippen molar-refractivity contribution in [3.63, 3.8) is 0 Å². The van der Waals surface area contributed by atoms with Gasteiger partial charge in [-0.15, -0.1) is 0 Å². The smallest absolute Gasteiger partial charge is 0.142 e. The monoisotopic (exact) mass is 206 g/mol. The Morgan fingerprint density at radius 1 is 1.47 bits per heavy atom. The summed E-state index contributed by atoms with van der Waals surface area (Å²) in [5.41, 5.74) is 5.97. The molecule has 0 unspecified atom stereocenters. The van der Waals surface area contributed by atoms with Gasteiger partial charge in [-0.25, -0.2) is 4.98 Å². The summed E-state index contributed by atoms with van der Waals surface area (Å²) < 4.78 is 0. The minimum absolute atomic E-state index is 0.247. The number of hydrogen-bond acceptors (Lipinski definition) is 3. The van der Waals surface area contributed by atoms with Crippen molar-refractivity contribution in [1.82, 2.24) is 4.98 Å². The summed E-state index contributed by atoms with van der Waals surface area (Å²) in [5.74, 6) is 0.731. The third-order valence-electron chi connectivity index (χ3n) is 2.68. The number of nitrogen functional groups attached to an aromatic ring is 1. The van der Waals surface area contributed by atoms with Gasteiger partial charge in [-0.05, 0) is 31.9 Å². The van der Waals surface area contributed by atoms with Gasteiger partial charge in [0.15, 0.2) is 0 Å². The van der Waals surface area contributed by atoms with Crippen molar-refractivity contribution in [2.24, 2.45) is 0 Å². The van der Waals surface area contributed by atoms with E-state index in [1.54, 1.807) is 12.3 Å². The Morgan fingerprint density at radius 3 is 2.60 bits per heavy atom. The number of pyridine rings is 1. The van der Waals surface area contributed by atoms with Gasteiger partial charge in [-0.3, -0.25) is 4.79 Å². The highest BCUT2D eigenvalue weighted by atomic mass is 16.1. The first-order valence-electron chi connectivity index (χ1n) is 5.23. The van der Waals surface area contributed by atoms with Crippen LogP contribution in [0, 0.1) is 0 Å². The fourth-order valence-electron chi connectivity index (χ4n) is 1.48. The lowest BCUT2D eigenvalue weighted by Gasteiger charge is -2.23. The molecule has 0 fully saturated rings. The van der Waals surface area contributed by atoms with E-state index in [2.05, 4.69) is 4.98 Å². The number of carbonyl (C=O) groups excluding carboxylic acids is 1. The van der Waals surface area contributed by atoms with Crippen molar-refractivity contribution in [2.45, 2.75) is 39.0 Å². The summed E-state index contributed by atoms with van der Waals surface area (Å²) in [6, 6.07) is 3.60. The van der Waals surface area contributed by atoms with Crippen LogP contribution in [0.2, 0.25) is 0 Å². The molecule has 0 atom stereocenters. The molecule has 82 valence electrons. The summed E-state index contributed by atoms with van der Waals surface area (Å²) in [6.07, 6.45) is 3.17. The van der Waals surface area contributed by atoms with E-state index >= 15 is 0 Å². The average molecular weight is 206 g/mol. The summed E-state index contributed by atoms with van der Waals surface area (Å²) in [4.78, 5) is 15.9. The first-order chi connectivity index (χ1) is 6.98. The van der Waals surface area contributed by atoms with Crippen LogP contribution in [-0.2, 0) is 10.2 Å². The van der Waals surface area contributed by atoms with Crippen molar-refractivity contribution < 1.29 is 4.79 Å². The fourth-order valence-corrected chi connectivity index (χ4v) is 1.48. The molecule has 1 aromatic heterocycles. The molecule has 0 spiro atoms. The van der Waals surface area contributed by atoms with Crippen molar-refractivity contribution in [3.05, 3.63) is 23.9 Å². The molecular formula is C12H18N2O. The predicted octanol–water partition coefficient (Wildman–Crippen LogP) is 2.31. The van der Waals surface area contributed by atoms with Gasteiger partial charge >= 0.3 is 0 Å². The van der Waals surface area contributed by atoms with E-state index in [9.17, 15) is 4.79 Å². The lowest BCUT2D eigenvalue weighted by Crippen LogP contribution is -2.28. The van der Waals surface area contributed by atoms with Crippen molar-refractivity contribution in [3.8, 4) is 0 Å². The normalized spacial score (nSPS) is 11.4. The molecule has 0 saturated heterocycles. The zero-order chi connectivity index (χ0) is 11.5. The maximum atomic E-state index is 11.9. The summed E-state index contributed by atoms with van der Waals surface area (Å²) >= 11 is 0. The second-order valence-corrected chi connectivity index (χ2v) is 4.27. The van der Waals surface area contributed by atoms with Gasteiger partial charge < -0.3 is 5.73 Å². The molecule has 1 heterocycles. The van der Waals surface area contributed by atoms with Crippen LogP contribution in [0.3, 0.4) is 0 Å². The molecule has 0 amide bonds. The number of aromatic nitrogens is 1. The number of Topliss-reactive ketones (excluding diaryl/α,β-unsaturated/α-hetero) is 1. The SMILES string of the molecule is CCCC(=O)C(C)(C)c1ccc(N)nc1. The molecule has 0 radical (unpaired) electrons. The van der Waals surface area contributed by atoms with E-state index in [0.717, 1.165) is 12.0 Å². The first kappa shape index (κ1) is 11.7. The third-order valence-corrected chi connectivity index (χ3v) is 2.68. The Hall–Kier alpha value is -1.38. The Labute approximate surface area is 90.7 Å². The van der Waals surface area contributed by atoms with Crippen LogP contribution in [0.15, 0.2) is 18.3 Å². The Balaban J connectivity index is 2.94. The maximum Gasteiger partial charge on any atom is 0.142 e. The van der Waals surface area contributed by atoms with Crippen molar-refractivity contribution >= 4 is 11.6 Å². The predicted molar refractivity (Wildman–Crippen MR) is 61.6 cm³/mol. The van der Waals surface area contributed by atoms with E-state index in [1.807, 2.05) is 26.8 Å². The van der Waals surface area contributed by atoms with Crippen LogP contribution >= 0.6 is 0 Å². The van der Waals surface area contributed by atoms with Gasteiger partial charge in [0.1, 0.15) is 11.6 Å². The lowest BCUT2D eigenvalue weighted by molar-refractivity contribution is -0.123. The zero-order valence-electron chi connectivity index (χ0n) is 9.58. The zero-order valence-corrected chi connectivity index (χ0v) is 9.58. The lowest BCUT2D eigenvalue weighted by atomic mass is 9.80. The van der Waals surface area contributed by atoms with Crippen LogP contribution in [0.4, 0.5) is 5.82 Å². The number of rotatable bonds is 4. The van der Waals surface area contributed by atoms with Gasteiger partial charge in [0.25, 0.3) is 0 Å². The Kier molecular flexibility index (Phi) is 3.45. The molecule has 3 nitrogen and oxygen atoms in total. The minimum atomic E-state index is -0.462. The number of anilines is 1. The second kappa shape index (κ2) is 4.43. The van der Waals surface area contributed by atoms with Crippen LogP contribution < -0.4 is 5.73 Å². The molecule has 15 heavy (non-hydrogen) atoms. The van der Waals surface area contributed by atoms with Crippen LogP contribution in [0.1, 0.15) is 39.2 Å². The molecule has 0 aliphatic heterocycles. The Bertz CT molecular complexity index is 341. The van der Waals surface area contributed by atoms with Gasteiger partial charge in [-0.2, -0.15) is 0 Å². The number of carbonyl (C=O) groups is 1. The van der Waals surface area contributed by atoms with Gasteiger partial charge in [-0.1, -0.05) is 13.0 Å². The van der Waals surface area contributed by atoms with E-state index in [-0.39, 0.29) is 5.78 Å². The van der Waals surface area contributed by atoms with E-state index in [1.165, 1.54) is 0 Å². The summed E-state index contributed by atoms with van der Waals surface area (Å²) in [5, 5.41) is 0. The quantitative estimate of drug-likeness (QED) is 0.822. The number of nitrogens with zero attached hydrogens (tertiary/aromatic N) is 1. The molecule has 3 heteroatoms. The number of hydrogen-bond donors (Lipinski definition) is 1. The van der Waals surface area contributed by atoms with Crippen LogP contribution in [-0.4, -0.2) is 10.8 Å². The number of nitrogens with two attached hydrogens (primary N) is 1. The number of ketones is 1. The highest BCUT2D eigenvalue weighted by Gasteiger charge is 2.28. The van der Waals surface area contributed by atoms with Crippen molar-refractivity contribution in [1.29, 1.82) is 0 Å². The molecule has 0 saturated carbocycles. The Morgan fingerprint density at radius 2 is 2.13 bits per heavy atom. The topological polar surface area (TPSA) is 56.0 Å². The molecule has 2 N–H and O–H groups in total. The molecule has 0 aliphatic rings. The minimum Gasteiger partial charge on any atom is -0.384 e. The highest BCUT2D eigenvalue weighted by molar-refractivity contribution is 5.89. The standard InChI is InChI=1S/C12H18N2O/c1-4-5-10(15)12(2,3)9-6-7-11(13)14-8-9/h6-8H,4-5H2,1-3H3,(H2,13,14). The van der Waals surface area contributed by atoms with Gasteiger partial charge in [0.2, 0.25) is 0 Å². The maximum absolute atomic E-state index is 11.9. The van der Waals surface area contributed by atoms with E-state index in [0.29, 0.717) is 12.2 Å². The van der Waals surface area contributed by atoms with Gasteiger partial charge in [0, 0.05) is 18.0 Å². The average Bonchev–Trinajstić information content (AvgIpc) is 2.18. The van der Waals surface area contributed by atoms with Crippen LogP contribution in [0.5, 0.6) is 0 Å². The molecule has 0 bridgehead atoms.